The second-order valence-electron chi connectivity index (χ2n) is 5.23. The second kappa shape index (κ2) is 7.94. The summed E-state index contributed by atoms with van der Waals surface area (Å²) in [5.74, 6) is -2.33. The highest BCUT2D eigenvalue weighted by Gasteiger charge is 2.18. The molecule has 1 aliphatic rings. The molecular formula is C14H23NO4. The highest BCUT2D eigenvalue weighted by Crippen LogP contribution is 2.20. The van der Waals surface area contributed by atoms with Crippen molar-refractivity contribution in [3.63, 3.8) is 0 Å². The van der Waals surface area contributed by atoms with E-state index in [9.17, 15) is 9.59 Å². The Morgan fingerprint density at radius 2 is 2.11 bits per heavy atom. The van der Waals surface area contributed by atoms with Crippen LogP contribution in [0.4, 0.5) is 0 Å². The van der Waals surface area contributed by atoms with E-state index in [1.54, 1.807) is 11.8 Å². The molecule has 0 aromatic rings. The van der Waals surface area contributed by atoms with Crippen LogP contribution < -0.4 is 0 Å². The van der Waals surface area contributed by atoms with Crippen LogP contribution in [0, 0.1) is 5.92 Å². The van der Waals surface area contributed by atoms with E-state index in [1.807, 2.05) is 0 Å². The number of hydrogen-bond acceptors (Lipinski definition) is 3. The van der Waals surface area contributed by atoms with E-state index in [0.717, 1.165) is 19.3 Å². The summed E-state index contributed by atoms with van der Waals surface area (Å²) in [4.78, 5) is 23.4. The van der Waals surface area contributed by atoms with E-state index in [-0.39, 0.29) is 13.1 Å². The fraction of sp³-hybridized carbons (Fsp3) is 0.714. The smallest absolute Gasteiger partial charge is 0.317 e. The van der Waals surface area contributed by atoms with Gasteiger partial charge in [0.2, 0.25) is 0 Å². The standard InChI is InChI=1S/C14H23NO4/c1-11(14(18)19)9-15(10-13(16)17)8-7-12-5-3-2-4-6-12/h5,11H,2-4,6-10H2,1H3,(H,16,17)(H,18,19). The molecule has 19 heavy (non-hydrogen) atoms. The Balaban J connectivity index is 2.46. The molecule has 0 saturated carbocycles. The zero-order chi connectivity index (χ0) is 14.3. The van der Waals surface area contributed by atoms with Crippen molar-refractivity contribution in [3.8, 4) is 0 Å². The Morgan fingerprint density at radius 1 is 1.37 bits per heavy atom. The predicted octanol–water partition coefficient (Wildman–Crippen LogP) is 1.98. The quantitative estimate of drug-likeness (QED) is 0.659. The number of nitrogens with zero attached hydrogens (tertiary/aromatic N) is 1. The van der Waals surface area contributed by atoms with Gasteiger partial charge in [-0.2, -0.15) is 0 Å². The van der Waals surface area contributed by atoms with Crippen LogP contribution in [0.1, 0.15) is 39.0 Å². The molecule has 0 bridgehead atoms. The van der Waals surface area contributed by atoms with E-state index >= 15 is 0 Å². The molecule has 1 aliphatic carbocycles. The molecule has 2 N–H and O–H groups in total. The molecule has 5 nitrogen and oxygen atoms in total. The van der Waals surface area contributed by atoms with Crippen LogP contribution in [0.2, 0.25) is 0 Å². The Labute approximate surface area is 113 Å². The normalized spacial score (nSPS) is 17.1. The summed E-state index contributed by atoms with van der Waals surface area (Å²) in [6, 6.07) is 0. The molecule has 0 radical (unpaired) electrons. The van der Waals surface area contributed by atoms with Crippen LogP contribution >= 0.6 is 0 Å². The summed E-state index contributed by atoms with van der Waals surface area (Å²) in [6.45, 7) is 2.42. The fourth-order valence-electron chi connectivity index (χ4n) is 2.33. The second-order valence-corrected chi connectivity index (χ2v) is 5.23. The molecule has 0 saturated heterocycles. The van der Waals surface area contributed by atoms with Crippen molar-refractivity contribution >= 4 is 11.9 Å². The lowest BCUT2D eigenvalue weighted by Crippen LogP contribution is -2.36. The zero-order valence-corrected chi connectivity index (χ0v) is 11.5. The predicted molar refractivity (Wildman–Crippen MR) is 72.0 cm³/mol. The summed E-state index contributed by atoms with van der Waals surface area (Å²) in [7, 11) is 0. The lowest BCUT2D eigenvalue weighted by atomic mass is 9.97. The molecular weight excluding hydrogens is 246 g/mol. The van der Waals surface area contributed by atoms with Crippen LogP contribution in [0.25, 0.3) is 0 Å². The van der Waals surface area contributed by atoms with Gasteiger partial charge in [0, 0.05) is 13.1 Å². The topological polar surface area (TPSA) is 77.8 Å². The number of rotatable bonds is 8. The molecule has 0 aromatic heterocycles. The van der Waals surface area contributed by atoms with Crippen molar-refractivity contribution in [2.24, 2.45) is 5.92 Å². The molecule has 0 aliphatic heterocycles. The summed E-state index contributed by atoms with van der Waals surface area (Å²) in [5, 5.41) is 17.8. The Kier molecular flexibility index (Phi) is 6.56. The van der Waals surface area contributed by atoms with E-state index in [4.69, 9.17) is 10.2 Å². The third-order valence-corrected chi connectivity index (χ3v) is 3.45. The van der Waals surface area contributed by atoms with Gasteiger partial charge in [0.05, 0.1) is 12.5 Å². The Hall–Kier alpha value is -1.36. The minimum Gasteiger partial charge on any atom is -0.481 e. The SMILES string of the molecule is CC(CN(CCC1=CCCCC1)CC(=O)O)C(=O)O. The number of carboxylic acid groups (broad SMARTS) is 2. The van der Waals surface area contributed by atoms with Crippen molar-refractivity contribution in [2.45, 2.75) is 39.0 Å². The van der Waals surface area contributed by atoms with Gasteiger partial charge in [0.1, 0.15) is 0 Å². The largest absolute Gasteiger partial charge is 0.481 e. The lowest BCUT2D eigenvalue weighted by molar-refractivity contribution is -0.144. The molecule has 0 spiro atoms. The molecule has 5 heteroatoms. The van der Waals surface area contributed by atoms with E-state index in [2.05, 4.69) is 6.08 Å². The van der Waals surface area contributed by atoms with Crippen molar-refractivity contribution in [1.29, 1.82) is 0 Å². The van der Waals surface area contributed by atoms with Gasteiger partial charge in [-0.05, 0) is 32.1 Å². The third kappa shape index (κ3) is 6.38. The summed E-state index contributed by atoms with van der Waals surface area (Å²) in [6.07, 6.45) is 7.73. The fourth-order valence-corrected chi connectivity index (χ4v) is 2.33. The zero-order valence-electron chi connectivity index (χ0n) is 11.5. The van der Waals surface area contributed by atoms with Crippen LogP contribution in [0.3, 0.4) is 0 Å². The molecule has 0 amide bonds. The highest BCUT2D eigenvalue weighted by molar-refractivity contribution is 5.71. The van der Waals surface area contributed by atoms with Crippen LogP contribution in [-0.2, 0) is 9.59 Å². The lowest BCUT2D eigenvalue weighted by Gasteiger charge is -2.23. The average molecular weight is 269 g/mol. The molecule has 0 aromatic carbocycles. The van der Waals surface area contributed by atoms with Crippen molar-refractivity contribution in [2.75, 3.05) is 19.6 Å². The summed E-state index contributed by atoms with van der Waals surface area (Å²) < 4.78 is 0. The minimum atomic E-state index is -0.907. The average Bonchev–Trinajstić information content (AvgIpc) is 2.36. The first kappa shape index (κ1) is 15.7. The molecule has 0 heterocycles. The highest BCUT2D eigenvalue weighted by atomic mass is 16.4. The minimum absolute atomic E-state index is 0.0924. The van der Waals surface area contributed by atoms with Crippen molar-refractivity contribution in [1.82, 2.24) is 4.90 Å². The first-order chi connectivity index (χ1) is 8.99. The van der Waals surface area contributed by atoms with Gasteiger partial charge in [-0.25, -0.2) is 0 Å². The van der Waals surface area contributed by atoms with Gasteiger partial charge in [-0.1, -0.05) is 18.6 Å². The van der Waals surface area contributed by atoms with Crippen LogP contribution in [0.15, 0.2) is 11.6 Å². The monoisotopic (exact) mass is 269 g/mol. The van der Waals surface area contributed by atoms with Gasteiger partial charge >= 0.3 is 11.9 Å². The molecule has 108 valence electrons. The van der Waals surface area contributed by atoms with Gasteiger partial charge < -0.3 is 10.2 Å². The van der Waals surface area contributed by atoms with Gasteiger partial charge in [0.15, 0.2) is 0 Å². The third-order valence-electron chi connectivity index (χ3n) is 3.45. The molecule has 1 atom stereocenters. The summed E-state index contributed by atoms with van der Waals surface area (Å²) in [5.41, 5.74) is 1.38. The number of allylic oxidation sites excluding steroid dienone is 1. The molecule has 0 fully saturated rings. The number of aliphatic carboxylic acids is 2. The Morgan fingerprint density at radius 3 is 2.63 bits per heavy atom. The van der Waals surface area contributed by atoms with E-state index in [1.165, 1.54) is 18.4 Å². The van der Waals surface area contributed by atoms with Gasteiger partial charge in [-0.15, -0.1) is 0 Å². The van der Waals surface area contributed by atoms with E-state index < -0.39 is 17.9 Å². The summed E-state index contributed by atoms with van der Waals surface area (Å²) >= 11 is 0. The van der Waals surface area contributed by atoms with Gasteiger partial charge in [0.25, 0.3) is 0 Å². The van der Waals surface area contributed by atoms with Gasteiger partial charge in [-0.3, -0.25) is 14.5 Å². The first-order valence-corrected chi connectivity index (χ1v) is 6.84. The maximum absolute atomic E-state index is 10.8. The van der Waals surface area contributed by atoms with E-state index in [0.29, 0.717) is 6.54 Å². The van der Waals surface area contributed by atoms with Crippen molar-refractivity contribution < 1.29 is 19.8 Å². The van der Waals surface area contributed by atoms with Crippen molar-refractivity contribution in [3.05, 3.63) is 11.6 Å². The maximum atomic E-state index is 10.8. The molecule has 1 rings (SSSR count). The van der Waals surface area contributed by atoms with Crippen LogP contribution in [-0.4, -0.2) is 46.7 Å². The first-order valence-electron chi connectivity index (χ1n) is 6.84. The maximum Gasteiger partial charge on any atom is 0.317 e. The van der Waals surface area contributed by atoms with Crippen LogP contribution in [0.5, 0.6) is 0 Å². The number of carboxylic acids is 2. The number of carbonyl (C=O) groups is 2. The Bertz CT molecular complexity index is 351. The number of hydrogen-bond donors (Lipinski definition) is 2. The molecule has 1 unspecified atom stereocenters.